The van der Waals surface area contributed by atoms with Gasteiger partial charge in [-0.25, -0.2) is 13.6 Å². The predicted molar refractivity (Wildman–Crippen MR) is 110 cm³/mol. The van der Waals surface area contributed by atoms with Crippen LogP contribution in [-0.2, 0) is 30.3 Å². The molecule has 1 aliphatic heterocycles. The summed E-state index contributed by atoms with van der Waals surface area (Å²) in [5, 5.41) is 4.15. The molecule has 2 fully saturated rings. The van der Waals surface area contributed by atoms with Crippen molar-refractivity contribution in [3.63, 3.8) is 0 Å². The quantitative estimate of drug-likeness (QED) is 0.463. The van der Waals surface area contributed by atoms with E-state index in [1.807, 2.05) is 35.6 Å². The molecule has 32 heavy (non-hydrogen) atoms. The molecule has 3 rings (SSSR count). The van der Waals surface area contributed by atoms with Gasteiger partial charge in [-0.3, -0.25) is 10.1 Å². The van der Waals surface area contributed by atoms with Gasteiger partial charge in [-0.1, -0.05) is 30.3 Å². The van der Waals surface area contributed by atoms with Crippen LogP contribution in [0.5, 0.6) is 0 Å². The molecular weight excluding hydrogens is 426 g/mol. The van der Waals surface area contributed by atoms with Crippen LogP contribution in [0, 0.1) is 5.92 Å². The molecule has 4 atom stereocenters. The monoisotopic (exact) mass is 454 g/mol. The van der Waals surface area contributed by atoms with Crippen molar-refractivity contribution in [3.8, 4) is 0 Å². The number of hydrogen-bond acceptors (Lipinski definition) is 6. The number of halogens is 2. The molecule has 2 N–H and O–H groups in total. The lowest BCUT2D eigenvalue weighted by Gasteiger charge is -2.30. The van der Waals surface area contributed by atoms with Crippen LogP contribution in [0.1, 0.15) is 26.3 Å². The molecule has 8 nitrogen and oxygen atoms in total. The van der Waals surface area contributed by atoms with Crippen molar-refractivity contribution >= 4 is 11.9 Å². The Bertz CT molecular complexity index is 833. The van der Waals surface area contributed by atoms with Gasteiger partial charge < -0.3 is 24.3 Å². The van der Waals surface area contributed by atoms with Crippen LogP contribution in [0.15, 0.2) is 42.7 Å². The highest BCUT2D eigenvalue weighted by atomic mass is 19.3. The van der Waals surface area contributed by atoms with Crippen molar-refractivity contribution in [2.75, 3.05) is 13.2 Å². The molecule has 4 unspecified atom stereocenters. The third-order valence-corrected chi connectivity index (χ3v) is 5.21. The Kier molecular flexibility index (Phi) is 7.47. The molecular formula is C22H28F2N2O6. The topological polar surface area (TPSA) is 95.1 Å². The molecule has 0 radical (unpaired) electrons. The van der Waals surface area contributed by atoms with Gasteiger partial charge in [0.05, 0.1) is 32.0 Å². The average molecular weight is 454 g/mol. The summed E-state index contributed by atoms with van der Waals surface area (Å²) in [5.41, 5.74) is 0.849. The van der Waals surface area contributed by atoms with Crippen LogP contribution in [0.3, 0.4) is 0 Å². The summed E-state index contributed by atoms with van der Waals surface area (Å²) in [7, 11) is 0. The normalized spacial score (nSPS) is 27.8. The molecule has 1 saturated carbocycles. The number of urea groups is 1. The van der Waals surface area contributed by atoms with Crippen LogP contribution in [0.4, 0.5) is 13.6 Å². The third kappa shape index (κ3) is 5.62. The number of hydrogen-bond donors (Lipinski definition) is 2. The zero-order valence-electron chi connectivity index (χ0n) is 18.2. The first kappa shape index (κ1) is 24.1. The fourth-order valence-corrected chi connectivity index (χ4v) is 3.85. The third-order valence-electron chi connectivity index (χ3n) is 5.21. The fourth-order valence-electron chi connectivity index (χ4n) is 3.85. The molecule has 0 spiro atoms. The van der Waals surface area contributed by atoms with Crippen LogP contribution in [-0.4, -0.2) is 55.1 Å². The first-order valence-corrected chi connectivity index (χ1v) is 10.4. The van der Waals surface area contributed by atoms with Crippen molar-refractivity contribution in [3.05, 3.63) is 48.2 Å². The maximum atomic E-state index is 15.3. The van der Waals surface area contributed by atoms with Gasteiger partial charge in [0, 0.05) is 6.08 Å². The molecule has 2 aliphatic rings. The highest BCUT2D eigenvalue weighted by Crippen LogP contribution is 2.49. The summed E-state index contributed by atoms with van der Waals surface area (Å²) in [6.07, 6.45) is -0.00363. The summed E-state index contributed by atoms with van der Waals surface area (Å²) >= 11 is 0. The van der Waals surface area contributed by atoms with Crippen LogP contribution >= 0.6 is 0 Å². The van der Waals surface area contributed by atoms with Gasteiger partial charge in [-0.2, -0.15) is 0 Å². The van der Waals surface area contributed by atoms with Crippen LogP contribution in [0.2, 0.25) is 0 Å². The van der Waals surface area contributed by atoms with E-state index in [1.165, 1.54) is 0 Å². The van der Waals surface area contributed by atoms with E-state index < -0.39 is 47.8 Å². The number of imide groups is 1. The zero-order chi connectivity index (χ0) is 23.4. The van der Waals surface area contributed by atoms with Crippen molar-refractivity contribution in [2.45, 2.75) is 57.3 Å². The van der Waals surface area contributed by atoms with E-state index in [-0.39, 0.29) is 13.2 Å². The van der Waals surface area contributed by atoms with Crippen molar-refractivity contribution in [1.29, 1.82) is 0 Å². The Morgan fingerprint density at radius 2 is 1.84 bits per heavy atom. The standard InChI is InChI=1S/C22H28F2N2O6/c1-4-29-11-10-16(27)25-20(28)26-19-18-17(31-21(2,3)32-18)15(22(19,23)24)13-30-12-14-8-6-5-7-9-14/h5-11,15,17-19H,4,12-13H2,1-3H3,(H2,25,26,27,28). The Hall–Kier alpha value is -2.56. The van der Waals surface area contributed by atoms with Crippen molar-refractivity contribution in [1.82, 2.24) is 10.6 Å². The number of rotatable bonds is 8. The second-order valence-corrected chi connectivity index (χ2v) is 8.04. The molecule has 0 aromatic heterocycles. The number of alkyl halides is 2. The van der Waals surface area contributed by atoms with Gasteiger partial charge in [0.15, 0.2) is 5.79 Å². The Morgan fingerprint density at radius 3 is 2.53 bits per heavy atom. The van der Waals surface area contributed by atoms with Gasteiger partial charge >= 0.3 is 6.03 Å². The minimum Gasteiger partial charge on any atom is -0.501 e. The molecule has 1 aromatic carbocycles. The van der Waals surface area contributed by atoms with E-state index in [0.717, 1.165) is 17.9 Å². The Labute approximate surface area is 185 Å². The van der Waals surface area contributed by atoms with E-state index in [9.17, 15) is 9.59 Å². The summed E-state index contributed by atoms with van der Waals surface area (Å²) in [5.74, 6) is -6.66. The molecule has 10 heteroatoms. The summed E-state index contributed by atoms with van der Waals surface area (Å²) < 4.78 is 52.5. The second-order valence-electron chi connectivity index (χ2n) is 8.04. The van der Waals surface area contributed by atoms with E-state index in [1.54, 1.807) is 20.8 Å². The van der Waals surface area contributed by atoms with E-state index in [2.05, 4.69) is 5.32 Å². The number of ether oxygens (including phenoxy) is 4. The molecule has 1 aliphatic carbocycles. The number of carbonyl (C=O) groups excluding carboxylic acids is 2. The lowest BCUT2D eigenvalue weighted by molar-refractivity contribution is -0.197. The zero-order valence-corrected chi connectivity index (χ0v) is 18.2. The first-order valence-electron chi connectivity index (χ1n) is 10.4. The molecule has 176 valence electrons. The van der Waals surface area contributed by atoms with E-state index >= 15 is 8.78 Å². The van der Waals surface area contributed by atoms with Crippen molar-refractivity contribution in [2.24, 2.45) is 5.92 Å². The van der Waals surface area contributed by atoms with E-state index in [0.29, 0.717) is 6.61 Å². The average Bonchev–Trinajstić information content (AvgIpc) is 3.12. The maximum Gasteiger partial charge on any atom is 0.322 e. The summed E-state index contributed by atoms with van der Waals surface area (Å²) in [6, 6.07) is 6.41. The highest BCUT2D eigenvalue weighted by molar-refractivity contribution is 6.00. The minimum absolute atomic E-state index is 0.161. The highest BCUT2D eigenvalue weighted by Gasteiger charge is 2.68. The van der Waals surface area contributed by atoms with Gasteiger partial charge in [-0.05, 0) is 26.3 Å². The number of nitrogens with one attached hydrogen (secondary N) is 2. The smallest absolute Gasteiger partial charge is 0.322 e. The van der Waals surface area contributed by atoms with Gasteiger partial charge in [0.2, 0.25) is 0 Å². The molecule has 1 saturated heterocycles. The number of benzene rings is 1. The maximum absolute atomic E-state index is 15.3. The van der Waals surface area contributed by atoms with Gasteiger partial charge in [0.1, 0.15) is 18.2 Å². The predicted octanol–water partition coefficient (Wildman–Crippen LogP) is 2.73. The number of amides is 3. The van der Waals surface area contributed by atoms with Crippen molar-refractivity contribution < 1.29 is 37.3 Å². The van der Waals surface area contributed by atoms with E-state index in [4.69, 9.17) is 18.9 Å². The minimum atomic E-state index is -3.40. The summed E-state index contributed by atoms with van der Waals surface area (Å²) in [6.45, 7) is 5.16. The molecule has 1 aromatic rings. The number of carbonyl (C=O) groups is 2. The number of fused-ring (bicyclic) bond motifs is 1. The summed E-state index contributed by atoms with van der Waals surface area (Å²) in [4.78, 5) is 23.9. The lowest BCUT2D eigenvalue weighted by atomic mass is 10.0. The van der Waals surface area contributed by atoms with Crippen LogP contribution in [0.25, 0.3) is 0 Å². The molecule has 0 bridgehead atoms. The Balaban J connectivity index is 1.67. The molecule has 3 amide bonds. The van der Waals surface area contributed by atoms with Gasteiger partial charge in [-0.15, -0.1) is 0 Å². The molecule has 1 heterocycles. The largest absolute Gasteiger partial charge is 0.501 e. The van der Waals surface area contributed by atoms with Crippen LogP contribution < -0.4 is 10.6 Å². The van der Waals surface area contributed by atoms with Gasteiger partial charge in [0.25, 0.3) is 11.8 Å². The lowest BCUT2D eigenvalue weighted by Crippen LogP contribution is -2.55. The fraction of sp³-hybridized carbons (Fsp3) is 0.545. The SMILES string of the molecule is CCOC=CC(=O)NC(=O)NC1C2OC(C)(C)OC2C(COCc2ccccc2)C1(F)F. The first-order chi connectivity index (χ1) is 15.1. The second kappa shape index (κ2) is 9.93. The Morgan fingerprint density at radius 1 is 1.16 bits per heavy atom.